The summed E-state index contributed by atoms with van der Waals surface area (Å²) in [6.07, 6.45) is 0.0447. The minimum atomic E-state index is -3.23. The quantitative estimate of drug-likeness (QED) is 0.886. The molecule has 0 aliphatic heterocycles. The average Bonchev–Trinajstić information content (AvgIpc) is 2.19. The highest BCUT2D eigenvalue weighted by molar-refractivity contribution is 7.90. The number of ether oxygens (including phenoxy) is 1. The van der Waals surface area contributed by atoms with Crippen molar-refractivity contribution in [3.8, 4) is 5.75 Å². The number of rotatable bonds is 4. The molecular formula is C12H18O4S. The number of hydrogen-bond donors (Lipinski definition) is 1. The monoisotopic (exact) mass is 258 g/mol. The fourth-order valence-corrected chi connectivity index (χ4v) is 2.47. The van der Waals surface area contributed by atoms with Crippen LogP contribution in [0.15, 0.2) is 12.1 Å². The van der Waals surface area contributed by atoms with Crippen LogP contribution in [0.4, 0.5) is 0 Å². The Kier molecular flexibility index (Phi) is 4.16. The Balaban J connectivity index is 3.18. The van der Waals surface area contributed by atoms with Gasteiger partial charge in [-0.1, -0.05) is 12.1 Å². The number of benzene rings is 1. The summed E-state index contributed by atoms with van der Waals surface area (Å²) in [6, 6.07) is 3.55. The first-order valence-corrected chi connectivity index (χ1v) is 7.32. The van der Waals surface area contributed by atoms with Crippen LogP contribution in [0.1, 0.15) is 22.8 Å². The third-order valence-electron chi connectivity index (χ3n) is 2.73. The molecule has 1 N–H and O–H groups in total. The molecule has 0 amide bonds. The molecule has 0 saturated carbocycles. The minimum absolute atomic E-state index is 0.300. The predicted molar refractivity (Wildman–Crippen MR) is 67.1 cm³/mol. The maximum atomic E-state index is 11.2. The lowest BCUT2D eigenvalue weighted by atomic mass is 10.0. The molecule has 0 heterocycles. The molecule has 1 aromatic carbocycles. The Bertz CT molecular complexity index is 505. The lowest BCUT2D eigenvalue weighted by molar-refractivity contribution is 0.196. The Morgan fingerprint density at radius 3 is 2.41 bits per heavy atom. The summed E-state index contributed by atoms with van der Waals surface area (Å²) in [4.78, 5) is 0. The van der Waals surface area contributed by atoms with Crippen molar-refractivity contribution in [2.45, 2.75) is 20.0 Å². The van der Waals surface area contributed by atoms with Gasteiger partial charge in [-0.15, -0.1) is 0 Å². The summed E-state index contributed by atoms with van der Waals surface area (Å²) >= 11 is 0. The van der Waals surface area contributed by atoms with Gasteiger partial charge in [0.15, 0.2) is 0 Å². The molecule has 0 aromatic heterocycles. The number of aliphatic hydroxyl groups excluding tert-OH is 1. The summed E-state index contributed by atoms with van der Waals surface area (Å²) in [5.74, 6) is 0.257. The van der Waals surface area contributed by atoms with Gasteiger partial charge in [0.2, 0.25) is 0 Å². The summed E-state index contributed by atoms with van der Waals surface area (Å²) < 4.78 is 27.6. The standard InChI is InChI=1S/C12H18O4S/c1-8-5-6-10(12(16-3)9(8)2)11(13)7-17(4,14)15/h5-6,11,13H,7H2,1-4H3. The van der Waals surface area contributed by atoms with Crippen LogP contribution in [0.3, 0.4) is 0 Å². The molecule has 1 aromatic rings. The van der Waals surface area contributed by atoms with E-state index in [1.807, 2.05) is 19.9 Å². The maximum absolute atomic E-state index is 11.2. The van der Waals surface area contributed by atoms with Gasteiger partial charge in [-0.25, -0.2) is 8.42 Å². The molecular weight excluding hydrogens is 240 g/mol. The molecule has 5 heteroatoms. The normalized spacial score (nSPS) is 13.5. The minimum Gasteiger partial charge on any atom is -0.496 e. The van der Waals surface area contributed by atoms with E-state index in [4.69, 9.17) is 4.74 Å². The lowest BCUT2D eigenvalue weighted by Crippen LogP contribution is -2.14. The van der Waals surface area contributed by atoms with Gasteiger partial charge in [-0.2, -0.15) is 0 Å². The summed E-state index contributed by atoms with van der Waals surface area (Å²) in [5.41, 5.74) is 2.47. The van der Waals surface area contributed by atoms with Crippen LogP contribution in [0.25, 0.3) is 0 Å². The highest BCUT2D eigenvalue weighted by Gasteiger charge is 2.20. The van der Waals surface area contributed by atoms with Gasteiger partial charge in [-0.05, 0) is 25.0 Å². The molecule has 4 nitrogen and oxygen atoms in total. The molecule has 96 valence electrons. The average molecular weight is 258 g/mol. The third-order valence-corrected chi connectivity index (χ3v) is 3.65. The van der Waals surface area contributed by atoms with E-state index in [0.717, 1.165) is 17.4 Å². The van der Waals surface area contributed by atoms with Gasteiger partial charge in [0.05, 0.1) is 19.0 Å². The van der Waals surface area contributed by atoms with E-state index in [1.165, 1.54) is 7.11 Å². The fraction of sp³-hybridized carbons (Fsp3) is 0.500. The first-order valence-electron chi connectivity index (χ1n) is 5.26. The van der Waals surface area contributed by atoms with Crippen LogP contribution in [-0.4, -0.2) is 32.6 Å². The smallest absolute Gasteiger partial charge is 0.150 e. The summed E-state index contributed by atoms with van der Waals surface area (Å²) in [7, 11) is -1.71. The van der Waals surface area contributed by atoms with Gasteiger partial charge in [-0.3, -0.25) is 0 Å². The van der Waals surface area contributed by atoms with Crippen molar-refractivity contribution in [1.82, 2.24) is 0 Å². The zero-order valence-electron chi connectivity index (χ0n) is 10.5. The van der Waals surface area contributed by atoms with E-state index < -0.39 is 15.9 Å². The first kappa shape index (κ1) is 14.0. The van der Waals surface area contributed by atoms with Crippen molar-refractivity contribution in [2.24, 2.45) is 0 Å². The molecule has 1 atom stereocenters. The maximum Gasteiger partial charge on any atom is 0.150 e. The van der Waals surface area contributed by atoms with Gasteiger partial charge < -0.3 is 9.84 Å². The molecule has 0 fully saturated rings. The summed E-state index contributed by atoms with van der Waals surface area (Å²) in [5, 5.41) is 9.92. The molecule has 0 aliphatic carbocycles. The zero-order valence-corrected chi connectivity index (χ0v) is 11.3. The van der Waals surface area contributed by atoms with E-state index in [1.54, 1.807) is 6.07 Å². The number of aliphatic hydroxyl groups is 1. The van der Waals surface area contributed by atoms with Crippen LogP contribution in [0, 0.1) is 13.8 Å². The second-order valence-corrected chi connectivity index (χ2v) is 6.42. The van der Waals surface area contributed by atoms with Crippen LogP contribution in [-0.2, 0) is 9.84 Å². The Morgan fingerprint density at radius 2 is 1.94 bits per heavy atom. The second-order valence-electron chi connectivity index (χ2n) is 4.24. The van der Waals surface area contributed by atoms with Crippen LogP contribution >= 0.6 is 0 Å². The molecule has 0 aliphatic rings. The van der Waals surface area contributed by atoms with Gasteiger partial charge in [0, 0.05) is 11.8 Å². The number of methoxy groups -OCH3 is 1. The van der Waals surface area contributed by atoms with E-state index in [0.29, 0.717) is 11.3 Å². The van der Waals surface area contributed by atoms with E-state index >= 15 is 0 Å². The molecule has 1 unspecified atom stereocenters. The van der Waals surface area contributed by atoms with Crippen LogP contribution in [0.2, 0.25) is 0 Å². The fourth-order valence-electron chi connectivity index (χ4n) is 1.72. The van der Waals surface area contributed by atoms with Crippen LogP contribution < -0.4 is 4.74 Å². The molecule has 17 heavy (non-hydrogen) atoms. The van der Waals surface area contributed by atoms with Gasteiger partial charge in [0.25, 0.3) is 0 Å². The van der Waals surface area contributed by atoms with E-state index in [2.05, 4.69) is 0 Å². The molecule has 0 saturated heterocycles. The van der Waals surface area contributed by atoms with E-state index in [9.17, 15) is 13.5 Å². The second kappa shape index (κ2) is 5.06. The Hall–Kier alpha value is -1.07. The van der Waals surface area contributed by atoms with Gasteiger partial charge in [0.1, 0.15) is 15.6 Å². The molecule has 1 rings (SSSR count). The van der Waals surface area contributed by atoms with Crippen molar-refractivity contribution in [1.29, 1.82) is 0 Å². The Morgan fingerprint density at radius 1 is 1.35 bits per heavy atom. The lowest BCUT2D eigenvalue weighted by Gasteiger charge is -2.17. The van der Waals surface area contributed by atoms with Crippen LogP contribution in [0.5, 0.6) is 5.75 Å². The van der Waals surface area contributed by atoms with Crippen molar-refractivity contribution in [3.05, 3.63) is 28.8 Å². The highest BCUT2D eigenvalue weighted by atomic mass is 32.2. The highest BCUT2D eigenvalue weighted by Crippen LogP contribution is 2.31. The number of sulfone groups is 1. The van der Waals surface area contributed by atoms with Crippen molar-refractivity contribution < 1.29 is 18.3 Å². The molecule has 0 bridgehead atoms. The first-order chi connectivity index (χ1) is 7.76. The van der Waals surface area contributed by atoms with Crippen molar-refractivity contribution in [3.63, 3.8) is 0 Å². The largest absolute Gasteiger partial charge is 0.496 e. The molecule has 0 spiro atoms. The Labute approximate surface area is 102 Å². The van der Waals surface area contributed by atoms with Crippen molar-refractivity contribution in [2.75, 3.05) is 19.1 Å². The molecule has 0 radical (unpaired) electrons. The van der Waals surface area contributed by atoms with Gasteiger partial charge >= 0.3 is 0 Å². The van der Waals surface area contributed by atoms with E-state index in [-0.39, 0.29) is 5.75 Å². The summed E-state index contributed by atoms with van der Waals surface area (Å²) in [6.45, 7) is 3.81. The predicted octanol–water partition coefficient (Wildman–Crippen LogP) is 1.39. The number of hydrogen-bond acceptors (Lipinski definition) is 4. The third kappa shape index (κ3) is 3.44. The SMILES string of the molecule is COc1c(C(O)CS(C)(=O)=O)ccc(C)c1C. The van der Waals surface area contributed by atoms with Crippen molar-refractivity contribution >= 4 is 9.84 Å². The topological polar surface area (TPSA) is 63.6 Å². The zero-order chi connectivity index (χ0) is 13.2. The number of aryl methyl sites for hydroxylation is 1.